The van der Waals surface area contributed by atoms with Crippen LogP contribution in [0.25, 0.3) is 0 Å². The lowest BCUT2D eigenvalue weighted by molar-refractivity contribution is 0.617. The minimum atomic E-state index is -0.389. The summed E-state index contributed by atoms with van der Waals surface area (Å²) in [6.07, 6.45) is 2.77. The minimum absolute atomic E-state index is 0.0975. The van der Waals surface area contributed by atoms with Crippen molar-refractivity contribution < 1.29 is 4.39 Å². The van der Waals surface area contributed by atoms with E-state index in [2.05, 4.69) is 15.9 Å². The molecule has 0 saturated heterocycles. The summed E-state index contributed by atoms with van der Waals surface area (Å²) in [7, 11) is 0. The Hall–Kier alpha value is -0.120. The molecule has 1 aromatic carbocycles. The predicted molar refractivity (Wildman–Crippen MR) is 59.0 cm³/mol. The average molecular weight is 279 g/mol. The van der Waals surface area contributed by atoms with Gasteiger partial charge in [0.15, 0.2) is 0 Å². The Kier molecular flexibility index (Phi) is 2.58. The topological polar surface area (TPSA) is 26.0 Å². The zero-order valence-electron chi connectivity index (χ0n) is 7.49. The molecule has 1 fully saturated rings. The fourth-order valence-electron chi connectivity index (χ4n) is 1.45. The highest BCUT2D eigenvalue weighted by Crippen LogP contribution is 2.37. The van der Waals surface area contributed by atoms with Crippen molar-refractivity contribution in [3.05, 3.63) is 33.0 Å². The minimum Gasteiger partial charge on any atom is -0.325 e. The highest BCUT2D eigenvalue weighted by Gasteiger charge is 2.38. The summed E-state index contributed by atoms with van der Waals surface area (Å²) in [5, 5.41) is 0.135. The van der Waals surface area contributed by atoms with Gasteiger partial charge < -0.3 is 5.73 Å². The van der Waals surface area contributed by atoms with Crippen LogP contribution in [0.5, 0.6) is 0 Å². The monoisotopic (exact) mass is 277 g/mol. The average Bonchev–Trinajstić information content (AvgIpc) is 2.79. The maximum absolute atomic E-state index is 13.2. The highest BCUT2D eigenvalue weighted by molar-refractivity contribution is 9.10. The lowest BCUT2D eigenvalue weighted by Crippen LogP contribution is -2.24. The smallest absolute Gasteiger partial charge is 0.143 e. The van der Waals surface area contributed by atoms with E-state index in [0.717, 1.165) is 24.8 Å². The molecule has 4 heteroatoms. The second-order valence-corrected chi connectivity index (χ2v) is 5.14. The van der Waals surface area contributed by atoms with Gasteiger partial charge in [0, 0.05) is 10.0 Å². The molecule has 1 aliphatic carbocycles. The predicted octanol–water partition coefficient (Wildman–Crippen LogP) is 3.28. The van der Waals surface area contributed by atoms with E-state index in [1.807, 2.05) is 6.07 Å². The quantitative estimate of drug-likeness (QED) is 0.826. The third-order valence-electron chi connectivity index (χ3n) is 2.49. The number of halogens is 3. The van der Waals surface area contributed by atoms with Gasteiger partial charge in [0.05, 0.1) is 5.02 Å². The van der Waals surface area contributed by atoms with E-state index in [9.17, 15) is 4.39 Å². The molecule has 0 aromatic heterocycles. The second-order valence-electron chi connectivity index (χ2n) is 3.91. The van der Waals surface area contributed by atoms with Crippen molar-refractivity contribution in [2.24, 2.45) is 5.73 Å². The normalized spacial score (nSPS) is 18.3. The molecule has 76 valence electrons. The van der Waals surface area contributed by atoms with Crippen LogP contribution in [0.1, 0.15) is 18.4 Å². The van der Waals surface area contributed by atoms with Crippen molar-refractivity contribution in [1.29, 1.82) is 0 Å². The molecule has 1 aliphatic rings. The third-order valence-corrected chi connectivity index (χ3v) is 3.73. The van der Waals surface area contributed by atoms with Crippen LogP contribution >= 0.6 is 27.5 Å². The number of hydrogen-bond donors (Lipinski definition) is 1. The Labute approximate surface area is 95.6 Å². The van der Waals surface area contributed by atoms with Crippen molar-refractivity contribution in [2.45, 2.75) is 24.8 Å². The van der Waals surface area contributed by atoms with Crippen molar-refractivity contribution in [1.82, 2.24) is 0 Å². The van der Waals surface area contributed by atoms with Crippen LogP contribution in [-0.2, 0) is 6.42 Å². The van der Waals surface area contributed by atoms with Crippen LogP contribution in [0.2, 0.25) is 5.02 Å². The summed E-state index contributed by atoms with van der Waals surface area (Å²) in [5.74, 6) is -0.389. The second kappa shape index (κ2) is 3.47. The van der Waals surface area contributed by atoms with E-state index in [-0.39, 0.29) is 16.4 Å². The number of hydrogen-bond acceptors (Lipinski definition) is 1. The summed E-state index contributed by atoms with van der Waals surface area (Å²) in [4.78, 5) is 0. The first-order valence-electron chi connectivity index (χ1n) is 4.42. The molecule has 0 radical (unpaired) electrons. The summed E-state index contributed by atoms with van der Waals surface area (Å²) < 4.78 is 13.8. The van der Waals surface area contributed by atoms with Crippen molar-refractivity contribution >= 4 is 27.5 Å². The summed E-state index contributed by atoms with van der Waals surface area (Å²) in [5.41, 5.74) is 6.75. The zero-order chi connectivity index (χ0) is 10.3. The van der Waals surface area contributed by atoms with E-state index >= 15 is 0 Å². The largest absolute Gasteiger partial charge is 0.325 e. The molecule has 0 unspecified atom stereocenters. The van der Waals surface area contributed by atoms with Gasteiger partial charge in [-0.05, 0) is 52.9 Å². The third kappa shape index (κ3) is 2.10. The Morgan fingerprint density at radius 2 is 2.14 bits per heavy atom. The van der Waals surface area contributed by atoms with E-state index < -0.39 is 0 Å². The molecule has 0 spiro atoms. The number of nitrogens with two attached hydrogens (primary N) is 1. The Morgan fingerprint density at radius 1 is 1.50 bits per heavy atom. The van der Waals surface area contributed by atoms with Gasteiger partial charge in [0.2, 0.25) is 0 Å². The molecule has 2 N–H and O–H groups in total. The maximum atomic E-state index is 13.2. The molecule has 1 aromatic rings. The molecule has 1 saturated carbocycles. The molecular weight excluding hydrogens is 268 g/mol. The molecule has 0 amide bonds. The van der Waals surface area contributed by atoms with Crippen molar-refractivity contribution in [2.75, 3.05) is 0 Å². The molecule has 0 atom stereocenters. The van der Waals surface area contributed by atoms with Crippen LogP contribution in [0.4, 0.5) is 4.39 Å². The lowest BCUT2D eigenvalue weighted by Gasteiger charge is -2.09. The summed E-state index contributed by atoms with van der Waals surface area (Å²) in [6.45, 7) is 0. The van der Waals surface area contributed by atoms with Crippen LogP contribution in [0.3, 0.4) is 0 Å². The number of rotatable bonds is 2. The fourth-order valence-corrected chi connectivity index (χ4v) is 2.05. The molecule has 14 heavy (non-hydrogen) atoms. The fraction of sp³-hybridized carbons (Fsp3) is 0.400. The van der Waals surface area contributed by atoms with Crippen molar-refractivity contribution in [3.63, 3.8) is 0 Å². The maximum Gasteiger partial charge on any atom is 0.143 e. The Bertz CT molecular complexity index is 353. The van der Waals surface area contributed by atoms with Gasteiger partial charge in [0.1, 0.15) is 5.82 Å². The molecule has 2 rings (SSSR count). The first-order chi connectivity index (χ1) is 6.50. The van der Waals surface area contributed by atoms with E-state index in [4.69, 9.17) is 17.3 Å². The van der Waals surface area contributed by atoms with Gasteiger partial charge in [0.25, 0.3) is 0 Å². The molecule has 1 nitrogen and oxygen atoms in total. The lowest BCUT2D eigenvalue weighted by atomic mass is 10.1. The van der Waals surface area contributed by atoms with Gasteiger partial charge in [-0.15, -0.1) is 0 Å². The van der Waals surface area contributed by atoms with Gasteiger partial charge >= 0.3 is 0 Å². The van der Waals surface area contributed by atoms with E-state index in [0.29, 0.717) is 4.47 Å². The first kappa shape index (κ1) is 10.4. The summed E-state index contributed by atoms with van der Waals surface area (Å²) in [6, 6.07) is 3.29. The number of benzene rings is 1. The van der Waals surface area contributed by atoms with Crippen LogP contribution in [0.15, 0.2) is 16.6 Å². The molecular formula is C10H10BrClFN. The van der Waals surface area contributed by atoms with Gasteiger partial charge in [-0.1, -0.05) is 11.6 Å². The SMILES string of the molecule is NC1(Cc2cc(F)c(Cl)c(Br)c2)CC1. The summed E-state index contributed by atoms with van der Waals surface area (Å²) >= 11 is 8.90. The van der Waals surface area contributed by atoms with Gasteiger partial charge in [-0.2, -0.15) is 0 Å². The Balaban J connectivity index is 2.26. The van der Waals surface area contributed by atoms with E-state index in [1.54, 1.807) is 0 Å². The van der Waals surface area contributed by atoms with Gasteiger partial charge in [-0.3, -0.25) is 0 Å². The van der Waals surface area contributed by atoms with Crippen molar-refractivity contribution in [3.8, 4) is 0 Å². The van der Waals surface area contributed by atoms with E-state index in [1.165, 1.54) is 6.07 Å². The van der Waals surface area contributed by atoms with Crippen LogP contribution < -0.4 is 5.73 Å². The van der Waals surface area contributed by atoms with Crippen LogP contribution in [-0.4, -0.2) is 5.54 Å². The standard InChI is InChI=1S/C10H10BrClFN/c11-7-3-6(4-8(13)9(7)12)5-10(14)1-2-10/h3-4H,1-2,5,14H2. The van der Waals surface area contributed by atoms with Crippen LogP contribution in [0, 0.1) is 5.82 Å². The molecule has 0 heterocycles. The Morgan fingerprint density at radius 3 is 2.64 bits per heavy atom. The first-order valence-corrected chi connectivity index (χ1v) is 5.60. The van der Waals surface area contributed by atoms with Gasteiger partial charge in [-0.25, -0.2) is 4.39 Å². The molecule has 0 bridgehead atoms. The molecule has 0 aliphatic heterocycles. The zero-order valence-corrected chi connectivity index (χ0v) is 9.83. The highest BCUT2D eigenvalue weighted by atomic mass is 79.9.